The van der Waals surface area contributed by atoms with Crippen LogP contribution in [0.3, 0.4) is 0 Å². The molecule has 0 aliphatic carbocycles. The Morgan fingerprint density at radius 1 is 0.308 bits per heavy atom. The Kier molecular flexibility index (Phi) is 32.0. The van der Waals surface area contributed by atoms with E-state index in [0.717, 1.165) is 29.2 Å². The van der Waals surface area contributed by atoms with Crippen LogP contribution in [0.2, 0.25) is 0 Å². The monoisotopic (exact) mass is 711 g/mol. The van der Waals surface area contributed by atoms with E-state index in [-0.39, 0.29) is 13.6 Å². The topological polar surface area (TPSA) is 36.9 Å². The zero-order valence-electron chi connectivity index (χ0n) is 35.0. The molecule has 0 spiro atoms. The van der Waals surface area contributed by atoms with E-state index < -0.39 is 0 Å². The average Bonchev–Trinajstić information content (AvgIpc) is 3.21. The summed E-state index contributed by atoms with van der Waals surface area (Å²) < 4.78 is 22.2. The zero-order valence-corrected chi connectivity index (χ0v) is 35.0. The van der Waals surface area contributed by atoms with Gasteiger partial charge in [-0.2, -0.15) is 0 Å². The summed E-state index contributed by atoms with van der Waals surface area (Å²) in [5.41, 5.74) is 8.73. The molecule has 0 heterocycles. The standard InChI is InChI=1S/C22H22O2.C16H18O2.5C2H6/c1-17-3-7-19(8-4-17)15-20-9-13-22(14-10-20)24-16-23-21-11-5-18(2)6-12-21;1-13-3-7-15(8-4-13)11-17-12-18-16-9-5-14(2)6-10-16;5*1-2/h3-14H,15-16H2,1-2H3;3-10H,11-12H2,1-2H3;5*1-2H3. The molecule has 0 amide bonds. The van der Waals surface area contributed by atoms with Gasteiger partial charge in [-0.3, -0.25) is 0 Å². The molecule has 0 saturated carbocycles. The third-order valence-electron chi connectivity index (χ3n) is 6.64. The highest BCUT2D eigenvalue weighted by atomic mass is 16.7. The first-order valence-corrected chi connectivity index (χ1v) is 19.2. The molecule has 52 heavy (non-hydrogen) atoms. The van der Waals surface area contributed by atoms with Crippen LogP contribution in [-0.4, -0.2) is 13.6 Å². The van der Waals surface area contributed by atoms with Crippen LogP contribution in [0.5, 0.6) is 17.2 Å². The smallest absolute Gasteiger partial charge is 0.230 e. The van der Waals surface area contributed by atoms with E-state index in [1.165, 1.54) is 33.4 Å². The molecule has 5 aromatic rings. The molecule has 5 aromatic carbocycles. The Morgan fingerprint density at radius 3 is 0.904 bits per heavy atom. The van der Waals surface area contributed by atoms with E-state index in [1.807, 2.05) is 130 Å². The van der Waals surface area contributed by atoms with Crippen molar-refractivity contribution in [3.63, 3.8) is 0 Å². The van der Waals surface area contributed by atoms with Crippen molar-refractivity contribution < 1.29 is 18.9 Å². The number of hydrogen-bond donors (Lipinski definition) is 0. The molecule has 5 rings (SSSR count). The Labute approximate surface area is 319 Å². The lowest BCUT2D eigenvalue weighted by atomic mass is 10.0. The van der Waals surface area contributed by atoms with Crippen LogP contribution < -0.4 is 14.2 Å². The summed E-state index contributed by atoms with van der Waals surface area (Å²) in [6.07, 6.45) is 0.931. The molecule has 0 N–H and O–H groups in total. The molecule has 0 fully saturated rings. The quantitative estimate of drug-likeness (QED) is 0.101. The van der Waals surface area contributed by atoms with Gasteiger partial charge in [0.1, 0.15) is 17.2 Å². The summed E-state index contributed by atoms with van der Waals surface area (Å²) in [4.78, 5) is 0. The van der Waals surface area contributed by atoms with Gasteiger partial charge >= 0.3 is 0 Å². The van der Waals surface area contributed by atoms with Crippen molar-refractivity contribution in [1.29, 1.82) is 0 Å². The van der Waals surface area contributed by atoms with E-state index in [2.05, 4.69) is 88.4 Å². The summed E-state index contributed by atoms with van der Waals surface area (Å²) in [7, 11) is 0. The largest absolute Gasteiger partial charge is 0.468 e. The fraction of sp³-hybridized carbons (Fsp3) is 0.375. The van der Waals surface area contributed by atoms with Crippen LogP contribution in [0.1, 0.15) is 108 Å². The Balaban J connectivity index is 0. The van der Waals surface area contributed by atoms with Gasteiger partial charge in [0.2, 0.25) is 6.79 Å². The van der Waals surface area contributed by atoms with E-state index in [0.29, 0.717) is 6.61 Å². The number of ether oxygens (including phenoxy) is 4. The molecule has 286 valence electrons. The highest BCUT2D eigenvalue weighted by Gasteiger charge is 2.00. The minimum Gasteiger partial charge on any atom is -0.468 e. The SMILES string of the molecule is CC.CC.CC.CC.CC.Cc1ccc(COCOc2ccc(C)cc2)cc1.Cc1ccc(Cc2ccc(OCOc3ccc(C)cc3)cc2)cc1. The maximum Gasteiger partial charge on any atom is 0.230 e. The van der Waals surface area contributed by atoms with Crippen LogP contribution >= 0.6 is 0 Å². The summed E-state index contributed by atoms with van der Waals surface area (Å²) in [5.74, 6) is 2.47. The van der Waals surface area contributed by atoms with Gasteiger partial charge in [-0.25, -0.2) is 0 Å². The fourth-order valence-corrected chi connectivity index (χ4v) is 4.03. The second-order valence-electron chi connectivity index (χ2n) is 10.4. The van der Waals surface area contributed by atoms with Crippen LogP contribution in [0.15, 0.2) is 121 Å². The molecular weight excluding hydrogens is 641 g/mol. The van der Waals surface area contributed by atoms with Crippen molar-refractivity contribution in [3.05, 3.63) is 160 Å². The van der Waals surface area contributed by atoms with E-state index >= 15 is 0 Å². The number of benzene rings is 5. The van der Waals surface area contributed by atoms with Crippen LogP contribution in [0.4, 0.5) is 0 Å². The molecule has 0 aliphatic heterocycles. The van der Waals surface area contributed by atoms with Crippen molar-refractivity contribution in [2.45, 2.75) is 110 Å². The number of aryl methyl sites for hydroxylation is 4. The average molecular weight is 711 g/mol. The van der Waals surface area contributed by atoms with Crippen molar-refractivity contribution in [2.24, 2.45) is 0 Å². The van der Waals surface area contributed by atoms with Crippen LogP contribution in [-0.2, 0) is 17.8 Å². The summed E-state index contributed by atoms with van der Waals surface area (Å²) in [6.45, 7) is 29.3. The van der Waals surface area contributed by atoms with Gasteiger partial charge < -0.3 is 18.9 Å². The second-order valence-corrected chi connectivity index (χ2v) is 10.4. The normalized spacial score (nSPS) is 8.96. The molecule has 0 aromatic heterocycles. The first kappa shape index (κ1) is 49.6. The fourth-order valence-electron chi connectivity index (χ4n) is 4.03. The minimum atomic E-state index is 0.209. The highest BCUT2D eigenvalue weighted by Crippen LogP contribution is 2.17. The lowest BCUT2D eigenvalue weighted by molar-refractivity contribution is 0.00504. The third-order valence-corrected chi connectivity index (χ3v) is 6.64. The second kappa shape index (κ2) is 33.6. The summed E-state index contributed by atoms with van der Waals surface area (Å²) in [5, 5.41) is 0. The Bertz CT molecular complexity index is 1410. The molecule has 0 radical (unpaired) electrons. The summed E-state index contributed by atoms with van der Waals surface area (Å²) in [6, 6.07) is 41.0. The molecule has 0 saturated heterocycles. The van der Waals surface area contributed by atoms with Crippen LogP contribution in [0, 0.1) is 27.7 Å². The lowest BCUT2D eigenvalue weighted by Gasteiger charge is -2.09. The third kappa shape index (κ3) is 23.0. The predicted octanol–water partition coefficient (Wildman–Crippen LogP) is 14.3. The molecule has 0 bridgehead atoms. The van der Waals surface area contributed by atoms with Gasteiger partial charge in [-0.1, -0.05) is 176 Å². The van der Waals surface area contributed by atoms with E-state index in [1.54, 1.807) is 0 Å². The highest BCUT2D eigenvalue weighted by molar-refractivity contribution is 5.33. The predicted molar refractivity (Wildman–Crippen MR) is 227 cm³/mol. The molecular formula is C48H70O4. The minimum absolute atomic E-state index is 0.209. The van der Waals surface area contributed by atoms with Gasteiger partial charge in [0, 0.05) is 0 Å². The molecule has 4 nitrogen and oxygen atoms in total. The van der Waals surface area contributed by atoms with E-state index in [4.69, 9.17) is 18.9 Å². The van der Waals surface area contributed by atoms with Gasteiger partial charge in [0.15, 0.2) is 6.79 Å². The first-order chi connectivity index (χ1) is 25.4. The molecule has 0 aliphatic rings. The van der Waals surface area contributed by atoms with E-state index in [9.17, 15) is 0 Å². The number of rotatable bonds is 11. The maximum atomic E-state index is 5.64. The Hall–Kier alpha value is -4.54. The molecule has 0 atom stereocenters. The van der Waals surface area contributed by atoms with Gasteiger partial charge in [-0.05, 0) is 87.2 Å². The van der Waals surface area contributed by atoms with Crippen molar-refractivity contribution >= 4 is 0 Å². The number of hydrogen-bond acceptors (Lipinski definition) is 4. The summed E-state index contributed by atoms with van der Waals surface area (Å²) >= 11 is 0. The molecule has 4 heteroatoms. The van der Waals surface area contributed by atoms with Gasteiger partial charge in [0.05, 0.1) is 6.61 Å². The maximum absolute atomic E-state index is 5.64. The first-order valence-electron chi connectivity index (χ1n) is 19.2. The Morgan fingerprint density at radius 2 is 0.558 bits per heavy atom. The van der Waals surface area contributed by atoms with Crippen LogP contribution in [0.25, 0.3) is 0 Å². The van der Waals surface area contributed by atoms with Crippen molar-refractivity contribution in [3.8, 4) is 17.2 Å². The zero-order chi connectivity index (χ0) is 39.6. The van der Waals surface area contributed by atoms with Crippen molar-refractivity contribution in [1.82, 2.24) is 0 Å². The van der Waals surface area contributed by atoms with Gasteiger partial charge in [0.25, 0.3) is 0 Å². The lowest BCUT2D eigenvalue weighted by Crippen LogP contribution is -2.05. The van der Waals surface area contributed by atoms with Crippen molar-refractivity contribution in [2.75, 3.05) is 13.6 Å². The molecule has 0 unspecified atom stereocenters. The van der Waals surface area contributed by atoms with Gasteiger partial charge in [-0.15, -0.1) is 0 Å².